The molecule has 0 atom stereocenters. The highest BCUT2D eigenvalue weighted by Gasteiger charge is 2.15. The molecule has 0 saturated heterocycles. The molecule has 0 spiro atoms. The molecule has 20 heavy (non-hydrogen) atoms. The Kier molecular flexibility index (Phi) is 4.26. The molecule has 7 heteroatoms. The lowest BCUT2D eigenvalue weighted by molar-refractivity contribution is 0.0965. The maximum Gasteiger partial charge on any atom is 0.267 e. The monoisotopic (exact) mass is 390 g/mol. The van der Waals surface area contributed by atoms with Crippen LogP contribution in [0.3, 0.4) is 0 Å². The summed E-state index contributed by atoms with van der Waals surface area (Å²) in [6, 6.07) is 2.62. The Balaban J connectivity index is 2.35. The Labute approximate surface area is 126 Å². The minimum atomic E-state index is -0.820. The second-order valence-corrected chi connectivity index (χ2v) is 5.20. The first-order valence-corrected chi connectivity index (χ1v) is 6.68. The molecule has 0 bridgehead atoms. The van der Waals surface area contributed by atoms with Gasteiger partial charge in [-0.3, -0.25) is 14.2 Å². The van der Waals surface area contributed by atoms with Crippen molar-refractivity contribution < 1.29 is 13.6 Å². The first-order chi connectivity index (χ1) is 9.40. The van der Waals surface area contributed by atoms with E-state index in [1.54, 1.807) is 6.92 Å². The van der Waals surface area contributed by atoms with Crippen LogP contribution in [0.4, 0.5) is 8.78 Å². The molecule has 2 rings (SSSR count). The molecule has 104 valence electrons. The maximum atomic E-state index is 13.5. The lowest BCUT2D eigenvalue weighted by Crippen LogP contribution is -2.27. The number of rotatable bonds is 3. The summed E-state index contributed by atoms with van der Waals surface area (Å²) in [5, 5.41) is 0. The van der Waals surface area contributed by atoms with Crippen LogP contribution in [-0.2, 0) is 6.54 Å². The van der Waals surface area contributed by atoms with Crippen molar-refractivity contribution in [3.05, 3.63) is 61.3 Å². The number of aryl methyl sites for hydroxylation is 1. The first-order valence-electron chi connectivity index (χ1n) is 5.60. The fourth-order valence-electron chi connectivity index (χ4n) is 1.61. The van der Waals surface area contributed by atoms with E-state index in [-0.39, 0.29) is 17.7 Å². The fraction of sp³-hybridized carbons (Fsp3) is 0.154. The average molecular weight is 390 g/mol. The van der Waals surface area contributed by atoms with Gasteiger partial charge >= 0.3 is 0 Å². The van der Waals surface area contributed by atoms with Crippen LogP contribution in [0.15, 0.2) is 29.3 Å². The third-order valence-electron chi connectivity index (χ3n) is 2.70. The highest BCUT2D eigenvalue weighted by molar-refractivity contribution is 14.1. The SMILES string of the molecule is Cc1ncn(CC(=O)c2cc(F)ccc2F)c(=O)c1I. The van der Waals surface area contributed by atoms with Crippen molar-refractivity contribution in [1.29, 1.82) is 0 Å². The number of ketones is 1. The van der Waals surface area contributed by atoms with Gasteiger partial charge in [0, 0.05) is 0 Å². The molecule has 0 saturated carbocycles. The minimum Gasteiger partial charge on any atom is -0.292 e. The minimum absolute atomic E-state index is 0.382. The van der Waals surface area contributed by atoms with Crippen LogP contribution in [0.25, 0.3) is 0 Å². The van der Waals surface area contributed by atoms with E-state index in [2.05, 4.69) is 4.98 Å². The van der Waals surface area contributed by atoms with Crippen LogP contribution >= 0.6 is 22.6 Å². The van der Waals surface area contributed by atoms with Crippen molar-refractivity contribution in [3.63, 3.8) is 0 Å². The molecule has 4 nitrogen and oxygen atoms in total. The predicted molar refractivity (Wildman–Crippen MR) is 76.6 cm³/mol. The highest BCUT2D eigenvalue weighted by atomic mass is 127. The summed E-state index contributed by atoms with van der Waals surface area (Å²) >= 11 is 1.83. The lowest BCUT2D eigenvalue weighted by atomic mass is 10.1. The Morgan fingerprint density at radius 3 is 2.80 bits per heavy atom. The zero-order valence-electron chi connectivity index (χ0n) is 10.4. The fourth-order valence-corrected chi connectivity index (χ4v) is 2.06. The number of hydrogen-bond donors (Lipinski definition) is 0. The molecule has 1 aromatic heterocycles. The first kappa shape index (κ1) is 14.8. The van der Waals surface area contributed by atoms with Gasteiger partial charge < -0.3 is 0 Å². The second kappa shape index (κ2) is 5.78. The third kappa shape index (κ3) is 2.92. The number of carbonyl (C=O) groups excluding carboxylic acids is 1. The molecule has 2 aromatic rings. The molecule has 0 radical (unpaired) electrons. The number of benzene rings is 1. The van der Waals surface area contributed by atoms with Gasteiger partial charge in [0.2, 0.25) is 0 Å². The maximum absolute atomic E-state index is 13.5. The highest BCUT2D eigenvalue weighted by Crippen LogP contribution is 2.11. The average Bonchev–Trinajstić information content (AvgIpc) is 2.42. The molecule has 1 aromatic carbocycles. The van der Waals surface area contributed by atoms with Crippen LogP contribution in [0.2, 0.25) is 0 Å². The zero-order valence-corrected chi connectivity index (χ0v) is 12.5. The number of halogens is 3. The molecular weight excluding hydrogens is 381 g/mol. The van der Waals surface area contributed by atoms with Gasteiger partial charge in [-0.2, -0.15) is 0 Å². The van der Waals surface area contributed by atoms with E-state index < -0.39 is 17.4 Å². The van der Waals surface area contributed by atoms with Crippen molar-refractivity contribution >= 4 is 28.4 Å². The number of nitrogens with zero attached hydrogens (tertiary/aromatic N) is 2. The van der Waals surface area contributed by atoms with E-state index in [9.17, 15) is 18.4 Å². The van der Waals surface area contributed by atoms with E-state index in [4.69, 9.17) is 0 Å². The Morgan fingerprint density at radius 2 is 2.10 bits per heavy atom. The normalized spacial score (nSPS) is 10.6. The quantitative estimate of drug-likeness (QED) is 0.597. The van der Waals surface area contributed by atoms with Crippen LogP contribution < -0.4 is 5.56 Å². The number of carbonyl (C=O) groups is 1. The summed E-state index contributed by atoms with van der Waals surface area (Å²) in [4.78, 5) is 27.8. The topological polar surface area (TPSA) is 52.0 Å². The van der Waals surface area contributed by atoms with E-state index >= 15 is 0 Å². The van der Waals surface area contributed by atoms with Crippen molar-refractivity contribution in [2.24, 2.45) is 0 Å². The summed E-state index contributed by atoms with van der Waals surface area (Å²) in [6.07, 6.45) is 1.22. The molecule has 0 N–H and O–H groups in total. The predicted octanol–water partition coefficient (Wildman–Crippen LogP) is 2.32. The summed E-state index contributed by atoms with van der Waals surface area (Å²) in [6.45, 7) is 1.28. The third-order valence-corrected chi connectivity index (χ3v) is 3.94. The Morgan fingerprint density at radius 1 is 1.40 bits per heavy atom. The molecule has 0 amide bonds. The van der Waals surface area contributed by atoms with Crippen LogP contribution in [-0.4, -0.2) is 15.3 Å². The van der Waals surface area contributed by atoms with E-state index in [1.807, 2.05) is 22.6 Å². The van der Waals surface area contributed by atoms with Gasteiger partial charge in [0.25, 0.3) is 5.56 Å². The largest absolute Gasteiger partial charge is 0.292 e. The molecule has 1 heterocycles. The van der Waals surface area contributed by atoms with Crippen LogP contribution in [0.5, 0.6) is 0 Å². The van der Waals surface area contributed by atoms with Crippen LogP contribution in [0.1, 0.15) is 16.1 Å². The van der Waals surface area contributed by atoms with Crippen molar-refractivity contribution in [2.75, 3.05) is 0 Å². The Hall–Kier alpha value is -1.64. The lowest BCUT2D eigenvalue weighted by Gasteiger charge is -2.07. The molecule has 0 aliphatic carbocycles. The van der Waals surface area contributed by atoms with E-state index in [0.29, 0.717) is 9.26 Å². The smallest absolute Gasteiger partial charge is 0.267 e. The van der Waals surface area contributed by atoms with Gasteiger partial charge in [0.05, 0.1) is 27.7 Å². The van der Waals surface area contributed by atoms with Gasteiger partial charge in [0.1, 0.15) is 11.6 Å². The summed E-state index contributed by atoms with van der Waals surface area (Å²) < 4.78 is 28.0. The van der Waals surface area contributed by atoms with Gasteiger partial charge in [0.15, 0.2) is 5.78 Å². The summed E-state index contributed by atoms with van der Waals surface area (Å²) in [5.74, 6) is -2.22. The van der Waals surface area contributed by atoms with Gasteiger partial charge in [-0.15, -0.1) is 0 Å². The standard InChI is InChI=1S/C13H9F2IN2O2/c1-7-12(16)13(20)18(6-17-7)5-11(19)9-4-8(14)2-3-10(9)15/h2-4,6H,5H2,1H3. The zero-order chi connectivity index (χ0) is 14.9. The van der Waals surface area contributed by atoms with Gasteiger partial charge in [-0.05, 0) is 47.7 Å². The molecule has 0 unspecified atom stereocenters. The summed E-state index contributed by atoms with van der Waals surface area (Å²) in [7, 11) is 0. The molecule has 0 aliphatic heterocycles. The molecular formula is C13H9F2IN2O2. The van der Waals surface area contributed by atoms with Gasteiger partial charge in [-0.1, -0.05) is 0 Å². The van der Waals surface area contributed by atoms with Crippen molar-refractivity contribution in [1.82, 2.24) is 9.55 Å². The number of Topliss-reactive ketones (excluding diaryl/α,β-unsaturated/α-hetero) is 1. The van der Waals surface area contributed by atoms with Gasteiger partial charge in [-0.25, -0.2) is 13.8 Å². The van der Waals surface area contributed by atoms with Crippen molar-refractivity contribution in [2.45, 2.75) is 13.5 Å². The number of aromatic nitrogens is 2. The Bertz CT molecular complexity index is 744. The molecule has 0 aliphatic rings. The van der Waals surface area contributed by atoms with Crippen LogP contribution in [0, 0.1) is 22.1 Å². The number of hydrogen-bond acceptors (Lipinski definition) is 3. The van der Waals surface area contributed by atoms with Crippen molar-refractivity contribution in [3.8, 4) is 0 Å². The second-order valence-electron chi connectivity index (χ2n) is 4.12. The molecule has 0 fully saturated rings. The van der Waals surface area contributed by atoms with E-state index in [1.165, 1.54) is 6.33 Å². The summed E-state index contributed by atoms with van der Waals surface area (Å²) in [5.41, 5.74) is -0.216. The van der Waals surface area contributed by atoms with E-state index in [0.717, 1.165) is 22.8 Å².